The fraction of sp³-hybridized carbons (Fsp3) is 0.278. The van der Waals surface area contributed by atoms with Gasteiger partial charge < -0.3 is 13.9 Å². The van der Waals surface area contributed by atoms with Crippen molar-refractivity contribution >= 4 is 5.91 Å². The summed E-state index contributed by atoms with van der Waals surface area (Å²) in [6, 6.07) is 13.2. The number of likely N-dealkylation sites (tertiary alicyclic amines) is 1. The summed E-state index contributed by atoms with van der Waals surface area (Å²) >= 11 is 0. The summed E-state index contributed by atoms with van der Waals surface area (Å²) in [6.07, 6.45) is 1.80. The summed E-state index contributed by atoms with van der Waals surface area (Å²) in [5.74, 6) is 0.837. The number of carbonyl (C=O) groups excluding carboxylic acids is 1. The topological polar surface area (TPSA) is 72.4 Å². The van der Waals surface area contributed by atoms with E-state index in [0.29, 0.717) is 12.2 Å². The first-order valence-corrected chi connectivity index (χ1v) is 7.99. The lowest BCUT2D eigenvalue weighted by molar-refractivity contribution is 0.0688. The second-order valence-corrected chi connectivity index (χ2v) is 5.96. The number of aryl methyl sites for hydroxylation is 1. The highest BCUT2D eigenvalue weighted by atomic mass is 16.5. The third-order valence-corrected chi connectivity index (χ3v) is 4.29. The molecule has 0 radical (unpaired) electrons. The van der Waals surface area contributed by atoms with E-state index in [4.69, 9.17) is 9.05 Å². The van der Waals surface area contributed by atoms with Crippen LogP contribution in [0.25, 0.3) is 11.3 Å². The zero-order valence-electron chi connectivity index (χ0n) is 13.3. The number of carbonyl (C=O) groups is 1. The van der Waals surface area contributed by atoms with E-state index in [1.54, 1.807) is 11.0 Å². The summed E-state index contributed by atoms with van der Waals surface area (Å²) in [4.78, 5) is 14.6. The second kappa shape index (κ2) is 5.96. The van der Waals surface area contributed by atoms with Crippen molar-refractivity contribution in [1.29, 1.82) is 0 Å². The molecular weight excluding hydrogens is 306 g/mol. The van der Waals surface area contributed by atoms with Gasteiger partial charge in [0.15, 0.2) is 0 Å². The van der Waals surface area contributed by atoms with Crippen molar-refractivity contribution in [2.24, 2.45) is 0 Å². The quantitative estimate of drug-likeness (QED) is 0.736. The average molecular weight is 323 g/mol. The van der Waals surface area contributed by atoms with E-state index in [1.807, 2.05) is 43.3 Å². The number of benzene rings is 1. The number of hydrogen-bond acceptors (Lipinski definition) is 5. The van der Waals surface area contributed by atoms with Gasteiger partial charge in [0.1, 0.15) is 17.1 Å². The van der Waals surface area contributed by atoms with Gasteiger partial charge in [-0.05, 0) is 19.8 Å². The molecule has 4 rings (SSSR count). The third kappa shape index (κ3) is 2.60. The summed E-state index contributed by atoms with van der Waals surface area (Å²) in [5, 5.41) is 8.09. The highest BCUT2D eigenvalue weighted by Gasteiger charge is 2.34. The zero-order valence-corrected chi connectivity index (χ0v) is 13.3. The third-order valence-electron chi connectivity index (χ3n) is 4.29. The number of aromatic nitrogens is 2. The Kier molecular flexibility index (Phi) is 3.65. The molecule has 1 unspecified atom stereocenters. The van der Waals surface area contributed by atoms with Crippen molar-refractivity contribution in [2.75, 3.05) is 6.54 Å². The Morgan fingerprint density at radius 1 is 1.17 bits per heavy atom. The molecule has 24 heavy (non-hydrogen) atoms. The lowest BCUT2D eigenvalue weighted by Gasteiger charge is -2.21. The van der Waals surface area contributed by atoms with E-state index >= 15 is 0 Å². The van der Waals surface area contributed by atoms with Crippen molar-refractivity contribution in [1.82, 2.24) is 15.2 Å². The Morgan fingerprint density at radius 3 is 2.75 bits per heavy atom. The lowest BCUT2D eigenvalue weighted by Crippen LogP contribution is -2.30. The van der Waals surface area contributed by atoms with Gasteiger partial charge in [-0.25, -0.2) is 0 Å². The van der Waals surface area contributed by atoms with Gasteiger partial charge >= 0.3 is 0 Å². The normalized spacial score (nSPS) is 17.4. The molecule has 1 aliphatic heterocycles. The SMILES string of the molecule is Cc1cc(C2CCCN2C(=O)c2cc(-c3ccccc3)no2)no1. The van der Waals surface area contributed by atoms with Crippen molar-refractivity contribution < 1.29 is 13.8 Å². The maximum absolute atomic E-state index is 12.8. The van der Waals surface area contributed by atoms with Gasteiger partial charge in [0.2, 0.25) is 5.76 Å². The van der Waals surface area contributed by atoms with Crippen molar-refractivity contribution in [3.05, 3.63) is 59.7 Å². The predicted molar refractivity (Wildman–Crippen MR) is 86.2 cm³/mol. The molecule has 0 bridgehead atoms. The van der Waals surface area contributed by atoms with Crippen LogP contribution in [0.2, 0.25) is 0 Å². The molecule has 1 aromatic carbocycles. The van der Waals surface area contributed by atoms with Gasteiger partial charge in [-0.2, -0.15) is 0 Å². The van der Waals surface area contributed by atoms with E-state index < -0.39 is 0 Å². The fourth-order valence-electron chi connectivity index (χ4n) is 3.12. The van der Waals surface area contributed by atoms with E-state index in [1.165, 1.54) is 0 Å². The largest absolute Gasteiger partial charge is 0.361 e. The van der Waals surface area contributed by atoms with Gasteiger partial charge in [0.25, 0.3) is 5.91 Å². The Morgan fingerprint density at radius 2 is 2.00 bits per heavy atom. The molecular formula is C18H17N3O3. The van der Waals surface area contributed by atoms with Gasteiger partial charge in [0, 0.05) is 24.2 Å². The van der Waals surface area contributed by atoms with Crippen LogP contribution in [0.3, 0.4) is 0 Å². The van der Waals surface area contributed by atoms with E-state index in [2.05, 4.69) is 10.3 Å². The first-order chi connectivity index (χ1) is 11.7. The summed E-state index contributed by atoms with van der Waals surface area (Å²) in [5.41, 5.74) is 2.37. The van der Waals surface area contributed by atoms with Crippen LogP contribution in [0.4, 0.5) is 0 Å². The molecule has 0 spiro atoms. The average Bonchev–Trinajstić information content (AvgIpc) is 3.35. The number of amides is 1. The first kappa shape index (κ1) is 14.7. The number of hydrogen-bond donors (Lipinski definition) is 0. The molecule has 3 heterocycles. The van der Waals surface area contributed by atoms with E-state index in [0.717, 1.165) is 29.9 Å². The molecule has 1 aliphatic rings. The van der Waals surface area contributed by atoms with Gasteiger partial charge in [0.05, 0.1) is 6.04 Å². The lowest BCUT2D eigenvalue weighted by atomic mass is 10.1. The van der Waals surface area contributed by atoms with Crippen LogP contribution < -0.4 is 0 Å². The smallest absolute Gasteiger partial charge is 0.293 e. The van der Waals surface area contributed by atoms with E-state index in [9.17, 15) is 4.79 Å². The van der Waals surface area contributed by atoms with Crippen LogP contribution in [0.15, 0.2) is 51.5 Å². The molecule has 0 saturated carbocycles. The maximum atomic E-state index is 12.8. The minimum atomic E-state index is -0.159. The molecule has 2 aromatic heterocycles. The second-order valence-electron chi connectivity index (χ2n) is 5.96. The van der Waals surface area contributed by atoms with E-state index in [-0.39, 0.29) is 17.7 Å². The Balaban J connectivity index is 1.58. The molecule has 1 saturated heterocycles. The molecule has 6 heteroatoms. The highest BCUT2D eigenvalue weighted by Crippen LogP contribution is 2.33. The minimum absolute atomic E-state index is 0.0692. The zero-order chi connectivity index (χ0) is 16.5. The molecule has 1 amide bonds. The fourth-order valence-corrected chi connectivity index (χ4v) is 3.12. The Labute approximate surface area is 139 Å². The molecule has 1 atom stereocenters. The monoisotopic (exact) mass is 323 g/mol. The molecule has 0 aliphatic carbocycles. The number of rotatable bonds is 3. The van der Waals surface area contributed by atoms with Crippen molar-refractivity contribution in [3.8, 4) is 11.3 Å². The van der Waals surface area contributed by atoms with Gasteiger partial charge in [-0.3, -0.25) is 4.79 Å². The van der Waals surface area contributed by atoms with Gasteiger partial charge in [-0.1, -0.05) is 40.6 Å². The first-order valence-electron chi connectivity index (χ1n) is 7.99. The van der Waals surface area contributed by atoms with Crippen LogP contribution >= 0.6 is 0 Å². The van der Waals surface area contributed by atoms with Crippen LogP contribution in [-0.4, -0.2) is 27.7 Å². The molecule has 0 N–H and O–H groups in total. The van der Waals surface area contributed by atoms with Crippen LogP contribution in [0.5, 0.6) is 0 Å². The van der Waals surface area contributed by atoms with Crippen LogP contribution in [-0.2, 0) is 0 Å². The van der Waals surface area contributed by atoms with Gasteiger partial charge in [-0.15, -0.1) is 0 Å². The minimum Gasteiger partial charge on any atom is -0.361 e. The highest BCUT2D eigenvalue weighted by molar-refractivity contribution is 5.92. The molecule has 1 fully saturated rings. The predicted octanol–water partition coefficient (Wildman–Crippen LogP) is 3.62. The van der Waals surface area contributed by atoms with Crippen molar-refractivity contribution in [3.63, 3.8) is 0 Å². The molecule has 122 valence electrons. The van der Waals surface area contributed by atoms with Crippen LogP contribution in [0.1, 0.15) is 40.9 Å². The standard InChI is InChI=1S/C18H17N3O3/c1-12-10-15(20-23-12)16-8-5-9-21(16)18(22)17-11-14(19-24-17)13-6-3-2-4-7-13/h2-4,6-7,10-11,16H,5,8-9H2,1H3. The molecule has 3 aromatic rings. The van der Waals surface area contributed by atoms with Crippen molar-refractivity contribution in [2.45, 2.75) is 25.8 Å². The van der Waals surface area contributed by atoms with Crippen LogP contribution in [0, 0.1) is 6.92 Å². The number of nitrogens with zero attached hydrogens (tertiary/aromatic N) is 3. The summed E-state index contributed by atoms with van der Waals surface area (Å²) in [7, 11) is 0. The Hall–Kier alpha value is -2.89. The maximum Gasteiger partial charge on any atom is 0.293 e. The molecule has 6 nitrogen and oxygen atoms in total. The Bertz CT molecular complexity index is 853. The summed E-state index contributed by atoms with van der Waals surface area (Å²) < 4.78 is 10.4. The summed E-state index contributed by atoms with van der Waals surface area (Å²) in [6.45, 7) is 2.52.